The Morgan fingerprint density at radius 2 is 2.13 bits per heavy atom. The second kappa shape index (κ2) is 6.20. The number of aryl methyl sites for hydroxylation is 1. The molecule has 4 nitrogen and oxygen atoms in total. The molecule has 0 atom stereocenters. The lowest BCUT2D eigenvalue weighted by Gasteiger charge is -2.04. The van der Waals surface area contributed by atoms with E-state index in [1.807, 2.05) is 6.20 Å². The third kappa shape index (κ3) is 2.95. The number of hydrogen-bond acceptors (Lipinski definition) is 2. The van der Waals surface area contributed by atoms with E-state index >= 15 is 0 Å². The maximum atomic E-state index is 13.6. The summed E-state index contributed by atoms with van der Waals surface area (Å²) in [6.07, 6.45) is 6.38. The minimum absolute atomic E-state index is 0.229. The molecule has 1 N–H and O–H groups in total. The van der Waals surface area contributed by atoms with Crippen LogP contribution in [0.25, 0.3) is 10.9 Å². The molecule has 0 fully saturated rings. The molecule has 0 radical (unpaired) electrons. The number of nitrogens with zero attached hydrogens (tertiary/aromatic N) is 2. The number of rotatable bonds is 5. The first-order chi connectivity index (χ1) is 11.1. The number of carboxylic acids is 1. The first kappa shape index (κ1) is 15.2. The van der Waals surface area contributed by atoms with Gasteiger partial charge in [0, 0.05) is 42.5 Å². The van der Waals surface area contributed by atoms with Gasteiger partial charge in [-0.05, 0) is 41.8 Å². The second-order valence-electron chi connectivity index (χ2n) is 5.52. The fourth-order valence-electron chi connectivity index (χ4n) is 2.89. The monoisotopic (exact) mass is 312 g/mol. The van der Waals surface area contributed by atoms with E-state index in [2.05, 4.69) is 16.5 Å². The molecule has 2 heterocycles. The smallest absolute Gasteiger partial charge is 0.336 e. The van der Waals surface area contributed by atoms with Crippen LogP contribution >= 0.6 is 0 Å². The highest BCUT2D eigenvalue weighted by atomic mass is 19.1. The Bertz CT molecular complexity index is 871. The minimum Gasteiger partial charge on any atom is -0.478 e. The summed E-state index contributed by atoms with van der Waals surface area (Å²) in [5, 5.41) is 10.1. The van der Waals surface area contributed by atoms with Crippen molar-refractivity contribution < 1.29 is 14.3 Å². The largest absolute Gasteiger partial charge is 0.478 e. The van der Waals surface area contributed by atoms with Crippen LogP contribution in [0.15, 0.2) is 42.9 Å². The molecule has 0 spiro atoms. The van der Waals surface area contributed by atoms with Gasteiger partial charge in [-0.25, -0.2) is 9.18 Å². The van der Waals surface area contributed by atoms with E-state index in [9.17, 15) is 14.3 Å². The van der Waals surface area contributed by atoms with Gasteiger partial charge < -0.3 is 9.67 Å². The van der Waals surface area contributed by atoms with Crippen molar-refractivity contribution >= 4 is 16.9 Å². The molecule has 1 aromatic carbocycles. The molecule has 23 heavy (non-hydrogen) atoms. The molecule has 3 rings (SSSR count). The molecule has 0 aliphatic carbocycles. The highest BCUT2D eigenvalue weighted by Crippen LogP contribution is 2.26. The minimum atomic E-state index is -0.981. The number of carbonyl (C=O) groups is 1. The molecule has 0 aliphatic rings. The molecule has 0 bridgehead atoms. The van der Waals surface area contributed by atoms with Crippen LogP contribution in [0.2, 0.25) is 0 Å². The quantitative estimate of drug-likeness (QED) is 0.778. The van der Waals surface area contributed by atoms with Gasteiger partial charge in [0.05, 0.1) is 5.56 Å². The lowest BCUT2D eigenvalue weighted by atomic mass is 10.0. The van der Waals surface area contributed by atoms with Gasteiger partial charge in [0.25, 0.3) is 0 Å². The van der Waals surface area contributed by atoms with E-state index in [4.69, 9.17) is 0 Å². The zero-order chi connectivity index (χ0) is 16.4. The van der Waals surface area contributed by atoms with Gasteiger partial charge in [-0.3, -0.25) is 4.98 Å². The molecule has 0 saturated carbocycles. The normalized spacial score (nSPS) is 11.0. The molecule has 0 amide bonds. The fourth-order valence-corrected chi connectivity index (χ4v) is 2.89. The van der Waals surface area contributed by atoms with Crippen molar-refractivity contribution in [2.24, 2.45) is 0 Å². The molecular weight excluding hydrogens is 295 g/mol. The van der Waals surface area contributed by atoms with E-state index in [-0.39, 0.29) is 11.4 Å². The third-order valence-electron chi connectivity index (χ3n) is 3.91. The highest BCUT2D eigenvalue weighted by Gasteiger charge is 2.14. The first-order valence-corrected chi connectivity index (χ1v) is 7.53. The summed E-state index contributed by atoms with van der Waals surface area (Å²) in [5.74, 6) is -1.27. The number of hydrogen-bond donors (Lipinski definition) is 1. The lowest BCUT2D eigenvalue weighted by molar-refractivity contribution is 0.0695. The summed E-state index contributed by atoms with van der Waals surface area (Å²) >= 11 is 0. The summed E-state index contributed by atoms with van der Waals surface area (Å²) < 4.78 is 15.7. The molecular formula is C18H17FN2O2. The average molecular weight is 312 g/mol. The topological polar surface area (TPSA) is 55.1 Å². The molecule has 0 saturated heterocycles. The van der Waals surface area contributed by atoms with Crippen molar-refractivity contribution in [3.63, 3.8) is 0 Å². The Balaban J connectivity index is 2.10. The maximum Gasteiger partial charge on any atom is 0.336 e. The van der Waals surface area contributed by atoms with E-state index in [1.165, 1.54) is 24.4 Å². The first-order valence-electron chi connectivity index (χ1n) is 7.53. The van der Waals surface area contributed by atoms with Gasteiger partial charge in [-0.1, -0.05) is 6.92 Å². The maximum absolute atomic E-state index is 13.6. The summed E-state index contributed by atoms with van der Waals surface area (Å²) in [6, 6.07) is 6.22. The van der Waals surface area contributed by atoms with Crippen molar-refractivity contribution in [3.05, 3.63) is 65.4 Å². The summed E-state index contributed by atoms with van der Waals surface area (Å²) in [6.45, 7) is 2.92. The van der Waals surface area contributed by atoms with Crippen molar-refractivity contribution in [2.75, 3.05) is 0 Å². The van der Waals surface area contributed by atoms with Crippen LogP contribution in [0, 0.1) is 5.82 Å². The number of fused-ring (bicyclic) bond motifs is 1. The molecule has 5 heteroatoms. The predicted molar refractivity (Wildman–Crippen MR) is 86.2 cm³/mol. The zero-order valence-electron chi connectivity index (χ0n) is 12.8. The van der Waals surface area contributed by atoms with Crippen LogP contribution in [0.5, 0.6) is 0 Å². The van der Waals surface area contributed by atoms with E-state index in [1.54, 1.807) is 12.3 Å². The number of halogens is 1. The highest BCUT2D eigenvalue weighted by molar-refractivity contribution is 5.90. The third-order valence-corrected chi connectivity index (χ3v) is 3.91. The Labute approximate surface area is 133 Å². The Kier molecular flexibility index (Phi) is 4.10. The van der Waals surface area contributed by atoms with Crippen LogP contribution in [0.1, 0.15) is 34.8 Å². The van der Waals surface area contributed by atoms with E-state index in [0.29, 0.717) is 12.0 Å². The van der Waals surface area contributed by atoms with Crippen molar-refractivity contribution in [2.45, 2.75) is 26.3 Å². The predicted octanol–water partition coefficient (Wildman–Crippen LogP) is 3.87. The van der Waals surface area contributed by atoms with Crippen LogP contribution in [0.4, 0.5) is 4.39 Å². The standard InChI is InChI=1S/C18H17FN2O2/c1-2-7-21-11-13(16-9-14(19)3-4-17(16)21)8-12-10-20-6-5-15(12)18(22)23/h3-6,9-11H,2,7-8H2,1H3,(H,22,23). The van der Waals surface area contributed by atoms with Gasteiger partial charge in [0.1, 0.15) is 5.82 Å². The van der Waals surface area contributed by atoms with E-state index < -0.39 is 5.97 Å². The number of carboxylic acid groups (broad SMARTS) is 1. The van der Waals surface area contributed by atoms with Crippen LogP contribution in [-0.4, -0.2) is 20.6 Å². The van der Waals surface area contributed by atoms with Crippen LogP contribution < -0.4 is 0 Å². The number of aromatic carboxylic acids is 1. The molecule has 3 aromatic rings. The van der Waals surface area contributed by atoms with Gasteiger partial charge in [0.15, 0.2) is 0 Å². The van der Waals surface area contributed by atoms with Crippen LogP contribution in [0.3, 0.4) is 0 Å². The summed E-state index contributed by atoms with van der Waals surface area (Å²) in [5.41, 5.74) is 2.72. The van der Waals surface area contributed by atoms with Gasteiger partial charge >= 0.3 is 5.97 Å². The number of benzene rings is 1. The van der Waals surface area contributed by atoms with Crippen LogP contribution in [-0.2, 0) is 13.0 Å². The lowest BCUT2D eigenvalue weighted by Crippen LogP contribution is -2.03. The molecule has 2 aromatic heterocycles. The SMILES string of the molecule is CCCn1cc(Cc2cnccc2C(=O)O)c2cc(F)ccc21. The summed E-state index contributed by atoms with van der Waals surface area (Å²) in [4.78, 5) is 15.4. The van der Waals surface area contributed by atoms with E-state index in [0.717, 1.165) is 29.4 Å². The zero-order valence-corrected chi connectivity index (χ0v) is 12.8. The molecule has 0 unspecified atom stereocenters. The van der Waals surface area contributed by atoms with Gasteiger partial charge in [0.2, 0.25) is 0 Å². The number of pyridine rings is 1. The molecule has 118 valence electrons. The molecule has 0 aliphatic heterocycles. The van der Waals surface area contributed by atoms with Gasteiger partial charge in [-0.15, -0.1) is 0 Å². The van der Waals surface area contributed by atoms with Crippen molar-refractivity contribution in [1.82, 2.24) is 9.55 Å². The fraction of sp³-hybridized carbons (Fsp3) is 0.222. The van der Waals surface area contributed by atoms with Crippen molar-refractivity contribution in [1.29, 1.82) is 0 Å². The Morgan fingerprint density at radius 3 is 2.87 bits per heavy atom. The summed E-state index contributed by atoms with van der Waals surface area (Å²) in [7, 11) is 0. The van der Waals surface area contributed by atoms with Crippen molar-refractivity contribution in [3.8, 4) is 0 Å². The number of aromatic nitrogens is 2. The Morgan fingerprint density at radius 1 is 1.30 bits per heavy atom. The average Bonchev–Trinajstić information content (AvgIpc) is 2.85. The second-order valence-corrected chi connectivity index (χ2v) is 5.52. The Hall–Kier alpha value is -2.69. The van der Waals surface area contributed by atoms with Gasteiger partial charge in [-0.2, -0.15) is 0 Å².